The minimum atomic E-state index is -1.06. The number of carbonyl (C=O) groups is 3. The van der Waals surface area contributed by atoms with Crippen LogP contribution in [0.2, 0.25) is 0 Å². The molecule has 0 radical (unpaired) electrons. The van der Waals surface area contributed by atoms with Gasteiger partial charge in [0.05, 0.1) is 6.54 Å². The Hall–Kier alpha value is -2.57. The average molecular weight is 336 g/mol. The molecule has 24 heavy (non-hydrogen) atoms. The molecule has 1 rings (SSSR count). The van der Waals surface area contributed by atoms with Crippen LogP contribution in [0.5, 0.6) is 5.75 Å². The summed E-state index contributed by atoms with van der Waals surface area (Å²) in [6.45, 7) is 7.61. The molecule has 132 valence electrons. The van der Waals surface area contributed by atoms with E-state index in [0.29, 0.717) is 35.5 Å². The third kappa shape index (κ3) is 5.26. The molecular formula is C17H24N2O5. The van der Waals surface area contributed by atoms with E-state index in [1.165, 1.54) is 4.90 Å². The van der Waals surface area contributed by atoms with Gasteiger partial charge in [0.2, 0.25) is 5.91 Å². The number of hydrogen-bond acceptors (Lipinski definition) is 4. The normalized spacial score (nSPS) is 10.2. The minimum absolute atomic E-state index is 0.00145. The first-order valence-electron chi connectivity index (χ1n) is 7.81. The van der Waals surface area contributed by atoms with Crippen LogP contribution >= 0.6 is 0 Å². The zero-order chi connectivity index (χ0) is 18.3. The van der Waals surface area contributed by atoms with Gasteiger partial charge in [-0.1, -0.05) is 0 Å². The highest BCUT2D eigenvalue weighted by Crippen LogP contribution is 2.25. The Morgan fingerprint density at radius 3 is 2.21 bits per heavy atom. The Bertz CT molecular complexity index is 604. The Morgan fingerprint density at radius 1 is 1.17 bits per heavy atom. The monoisotopic (exact) mass is 336 g/mol. The second-order valence-electron chi connectivity index (χ2n) is 5.39. The van der Waals surface area contributed by atoms with Gasteiger partial charge in [-0.25, -0.2) is 4.79 Å². The van der Waals surface area contributed by atoms with Gasteiger partial charge in [0, 0.05) is 18.7 Å². The lowest BCUT2D eigenvalue weighted by molar-refractivity contribution is -0.139. The lowest BCUT2D eigenvalue weighted by Crippen LogP contribution is -2.40. The zero-order valence-electron chi connectivity index (χ0n) is 14.5. The number of carboxylic acids is 1. The Balaban J connectivity index is 2.97. The number of amides is 2. The number of ether oxygens (including phenoxy) is 1. The number of likely N-dealkylation sites (N-methyl/N-ethyl adjacent to an activating group) is 2. The third-order valence-electron chi connectivity index (χ3n) is 3.42. The van der Waals surface area contributed by atoms with Crippen molar-refractivity contribution in [3.8, 4) is 5.75 Å². The van der Waals surface area contributed by atoms with E-state index in [1.807, 2.05) is 6.92 Å². The summed E-state index contributed by atoms with van der Waals surface area (Å²) >= 11 is 0. The molecule has 0 fully saturated rings. The molecule has 0 aliphatic rings. The highest BCUT2D eigenvalue weighted by atomic mass is 16.5. The van der Waals surface area contributed by atoms with Gasteiger partial charge in [-0.2, -0.15) is 0 Å². The van der Waals surface area contributed by atoms with E-state index < -0.39 is 12.6 Å². The van der Waals surface area contributed by atoms with Gasteiger partial charge in [0.15, 0.2) is 6.61 Å². The lowest BCUT2D eigenvalue weighted by Gasteiger charge is -2.21. The van der Waals surface area contributed by atoms with E-state index in [2.05, 4.69) is 5.32 Å². The molecule has 2 amide bonds. The minimum Gasteiger partial charge on any atom is -0.481 e. The van der Waals surface area contributed by atoms with Crippen LogP contribution in [0, 0.1) is 13.8 Å². The van der Waals surface area contributed by atoms with Crippen molar-refractivity contribution < 1.29 is 24.2 Å². The van der Waals surface area contributed by atoms with Crippen LogP contribution in [0.1, 0.15) is 35.3 Å². The maximum absolute atomic E-state index is 12.6. The smallest absolute Gasteiger partial charge is 0.341 e. The molecule has 1 aromatic carbocycles. The number of benzene rings is 1. The van der Waals surface area contributed by atoms with E-state index in [9.17, 15) is 14.4 Å². The molecule has 0 aliphatic heterocycles. The maximum Gasteiger partial charge on any atom is 0.341 e. The summed E-state index contributed by atoms with van der Waals surface area (Å²) in [7, 11) is 0. The number of nitrogens with zero attached hydrogens (tertiary/aromatic N) is 1. The van der Waals surface area contributed by atoms with Gasteiger partial charge in [0.1, 0.15) is 5.75 Å². The van der Waals surface area contributed by atoms with E-state index in [1.54, 1.807) is 32.9 Å². The van der Waals surface area contributed by atoms with E-state index >= 15 is 0 Å². The summed E-state index contributed by atoms with van der Waals surface area (Å²) in [4.78, 5) is 36.4. The molecule has 0 aromatic heterocycles. The fourth-order valence-electron chi connectivity index (χ4n) is 2.37. The maximum atomic E-state index is 12.6. The highest BCUT2D eigenvalue weighted by molar-refractivity contribution is 5.97. The Kier molecular flexibility index (Phi) is 7.23. The number of carbonyl (C=O) groups excluding carboxylic acids is 2. The van der Waals surface area contributed by atoms with Crippen molar-refractivity contribution in [1.29, 1.82) is 0 Å². The topological polar surface area (TPSA) is 95.9 Å². The first-order chi connectivity index (χ1) is 11.3. The van der Waals surface area contributed by atoms with Gasteiger partial charge in [-0.05, 0) is 51.0 Å². The Labute approximate surface area is 141 Å². The number of aliphatic carboxylic acids is 1. The summed E-state index contributed by atoms with van der Waals surface area (Å²) in [5.74, 6) is -1.06. The fraction of sp³-hybridized carbons (Fsp3) is 0.471. The van der Waals surface area contributed by atoms with Crippen molar-refractivity contribution >= 4 is 17.8 Å². The SMILES string of the molecule is CCNC(=O)CN(CC)C(=O)c1cc(C)c(OCC(=O)O)c(C)c1. The molecule has 0 bridgehead atoms. The number of nitrogens with one attached hydrogen (secondary N) is 1. The van der Waals surface area contributed by atoms with E-state index in [-0.39, 0.29) is 18.4 Å². The quantitative estimate of drug-likeness (QED) is 0.747. The van der Waals surface area contributed by atoms with Gasteiger partial charge >= 0.3 is 5.97 Å². The van der Waals surface area contributed by atoms with Crippen molar-refractivity contribution in [2.75, 3.05) is 26.2 Å². The molecule has 7 heteroatoms. The summed E-state index contributed by atoms with van der Waals surface area (Å²) in [5.41, 5.74) is 1.79. The van der Waals surface area contributed by atoms with Gasteiger partial charge < -0.3 is 20.1 Å². The molecule has 0 saturated heterocycles. The number of carboxylic acid groups (broad SMARTS) is 1. The molecule has 0 unspecified atom stereocenters. The van der Waals surface area contributed by atoms with Crippen molar-refractivity contribution in [3.63, 3.8) is 0 Å². The first-order valence-corrected chi connectivity index (χ1v) is 7.81. The van der Waals surface area contributed by atoms with Crippen molar-refractivity contribution in [1.82, 2.24) is 10.2 Å². The van der Waals surface area contributed by atoms with E-state index in [4.69, 9.17) is 9.84 Å². The Morgan fingerprint density at radius 2 is 1.75 bits per heavy atom. The van der Waals surface area contributed by atoms with Crippen LogP contribution in [-0.2, 0) is 9.59 Å². The predicted octanol–water partition coefficient (Wildman–Crippen LogP) is 1.37. The van der Waals surface area contributed by atoms with Crippen LogP contribution in [-0.4, -0.2) is 54.0 Å². The molecule has 0 saturated carbocycles. The summed E-state index contributed by atoms with van der Waals surface area (Å²) in [5, 5.41) is 11.4. The molecule has 0 atom stereocenters. The van der Waals surface area contributed by atoms with Crippen molar-refractivity contribution in [3.05, 3.63) is 28.8 Å². The average Bonchev–Trinajstić information content (AvgIpc) is 2.51. The second-order valence-corrected chi connectivity index (χ2v) is 5.39. The second kappa shape index (κ2) is 8.90. The fourth-order valence-corrected chi connectivity index (χ4v) is 2.37. The molecule has 0 aliphatic carbocycles. The molecule has 1 aromatic rings. The number of aryl methyl sites for hydroxylation is 2. The third-order valence-corrected chi connectivity index (χ3v) is 3.42. The molecule has 7 nitrogen and oxygen atoms in total. The number of rotatable bonds is 8. The van der Waals surface area contributed by atoms with Crippen LogP contribution in [0.4, 0.5) is 0 Å². The molecule has 0 spiro atoms. The summed E-state index contributed by atoms with van der Waals surface area (Å²) in [6, 6.07) is 3.29. The van der Waals surface area contributed by atoms with Crippen molar-refractivity contribution in [2.24, 2.45) is 0 Å². The zero-order valence-corrected chi connectivity index (χ0v) is 14.5. The molecule has 0 heterocycles. The van der Waals surface area contributed by atoms with Gasteiger partial charge in [-0.15, -0.1) is 0 Å². The summed E-state index contributed by atoms with van der Waals surface area (Å²) in [6.07, 6.45) is 0. The lowest BCUT2D eigenvalue weighted by atomic mass is 10.0. The largest absolute Gasteiger partial charge is 0.481 e. The molecular weight excluding hydrogens is 312 g/mol. The van der Waals surface area contributed by atoms with Crippen LogP contribution in [0.25, 0.3) is 0 Å². The standard InChI is InChI=1S/C17H24N2O5/c1-5-18-14(20)9-19(6-2)17(23)13-7-11(3)16(12(4)8-13)24-10-15(21)22/h7-8H,5-6,9-10H2,1-4H3,(H,18,20)(H,21,22). The highest BCUT2D eigenvalue weighted by Gasteiger charge is 2.19. The van der Waals surface area contributed by atoms with Gasteiger partial charge in [0.25, 0.3) is 5.91 Å². The van der Waals surface area contributed by atoms with Crippen LogP contribution < -0.4 is 10.1 Å². The van der Waals surface area contributed by atoms with Crippen LogP contribution in [0.3, 0.4) is 0 Å². The van der Waals surface area contributed by atoms with E-state index in [0.717, 1.165) is 0 Å². The van der Waals surface area contributed by atoms with Gasteiger partial charge in [-0.3, -0.25) is 9.59 Å². The summed E-state index contributed by atoms with van der Waals surface area (Å²) < 4.78 is 5.26. The van der Waals surface area contributed by atoms with Crippen LogP contribution in [0.15, 0.2) is 12.1 Å². The first kappa shape index (κ1) is 19.5. The molecule has 2 N–H and O–H groups in total. The predicted molar refractivity (Wildman–Crippen MR) is 89.3 cm³/mol. The van der Waals surface area contributed by atoms with Crippen molar-refractivity contribution in [2.45, 2.75) is 27.7 Å². The number of hydrogen-bond donors (Lipinski definition) is 2.